The zero-order valence-electron chi connectivity index (χ0n) is 9.27. The highest BCUT2D eigenvalue weighted by atomic mass is 79.9. The number of hydrogen-bond acceptors (Lipinski definition) is 2. The first-order valence-electron chi connectivity index (χ1n) is 5.18. The first kappa shape index (κ1) is 13.7. The molecule has 0 saturated carbocycles. The van der Waals surface area contributed by atoms with Crippen LogP contribution in [0.25, 0.3) is 0 Å². The van der Waals surface area contributed by atoms with Crippen molar-refractivity contribution < 1.29 is 8.42 Å². The van der Waals surface area contributed by atoms with Gasteiger partial charge in [-0.15, -0.1) is 0 Å². The monoisotopic (exact) mass is 305 g/mol. The molecule has 0 aliphatic carbocycles. The van der Waals surface area contributed by atoms with Crippen molar-refractivity contribution >= 4 is 26.0 Å². The number of sulfonamides is 1. The van der Waals surface area contributed by atoms with E-state index in [9.17, 15) is 8.42 Å². The van der Waals surface area contributed by atoms with E-state index in [-0.39, 0.29) is 5.75 Å². The van der Waals surface area contributed by atoms with Crippen LogP contribution in [0.5, 0.6) is 0 Å². The first-order valence-corrected chi connectivity index (χ1v) is 7.91. The van der Waals surface area contributed by atoms with Crippen LogP contribution in [0, 0.1) is 0 Å². The van der Waals surface area contributed by atoms with Crippen LogP contribution in [0.1, 0.15) is 12.5 Å². The molecule has 3 nitrogen and oxygen atoms in total. The lowest BCUT2D eigenvalue weighted by atomic mass is 10.2. The van der Waals surface area contributed by atoms with E-state index in [4.69, 9.17) is 0 Å². The van der Waals surface area contributed by atoms with Gasteiger partial charge in [0.15, 0.2) is 0 Å². The maximum absolute atomic E-state index is 12.0. The molecule has 0 amide bonds. The fourth-order valence-corrected chi connectivity index (χ4v) is 3.69. The number of halogens is 1. The highest BCUT2D eigenvalue weighted by Gasteiger charge is 2.19. The van der Waals surface area contributed by atoms with Gasteiger partial charge in [0, 0.05) is 18.4 Å². The normalized spacial score (nSPS) is 11.9. The lowest BCUT2D eigenvalue weighted by molar-refractivity contribution is 0.447. The van der Waals surface area contributed by atoms with E-state index in [1.54, 1.807) is 0 Å². The summed E-state index contributed by atoms with van der Waals surface area (Å²) in [5.74, 6) is 0.0781. The second-order valence-electron chi connectivity index (χ2n) is 3.42. The van der Waals surface area contributed by atoms with Crippen molar-refractivity contribution in [2.24, 2.45) is 0 Å². The Labute approximate surface area is 106 Å². The van der Waals surface area contributed by atoms with Gasteiger partial charge in [0.1, 0.15) is 0 Å². The molecule has 1 rings (SSSR count). The topological polar surface area (TPSA) is 37.4 Å². The summed E-state index contributed by atoms with van der Waals surface area (Å²) < 4.78 is 25.5. The molecule has 0 saturated heterocycles. The molecule has 0 N–H and O–H groups in total. The quantitative estimate of drug-likeness (QED) is 0.756. The second kappa shape index (κ2) is 6.37. The molecule has 0 aliphatic rings. The van der Waals surface area contributed by atoms with Gasteiger partial charge >= 0.3 is 0 Å². The lowest BCUT2D eigenvalue weighted by Gasteiger charge is -2.19. The Morgan fingerprint density at radius 1 is 1.25 bits per heavy atom. The van der Waals surface area contributed by atoms with Crippen LogP contribution in [0.2, 0.25) is 0 Å². The Bertz CT molecular complexity index is 405. The molecule has 0 unspecified atom stereocenters. The average Bonchev–Trinajstić information content (AvgIpc) is 2.26. The van der Waals surface area contributed by atoms with E-state index in [2.05, 4.69) is 15.9 Å². The van der Waals surface area contributed by atoms with Gasteiger partial charge in [-0.2, -0.15) is 0 Å². The van der Waals surface area contributed by atoms with E-state index in [0.29, 0.717) is 18.4 Å². The number of nitrogens with zero attached hydrogens (tertiary/aromatic N) is 1. The molecule has 1 aromatic rings. The second-order valence-corrected chi connectivity index (χ2v) is 6.18. The Kier molecular flexibility index (Phi) is 5.44. The SMILES string of the molecule is CCN(CCBr)S(=O)(=O)Cc1ccccc1. The Morgan fingerprint density at radius 3 is 2.38 bits per heavy atom. The Morgan fingerprint density at radius 2 is 1.88 bits per heavy atom. The van der Waals surface area contributed by atoms with Crippen LogP contribution in [-0.2, 0) is 15.8 Å². The van der Waals surface area contributed by atoms with Gasteiger partial charge in [0.2, 0.25) is 10.0 Å². The van der Waals surface area contributed by atoms with E-state index < -0.39 is 10.0 Å². The van der Waals surface area contributed by atoms with Gasteiger partial charge < -0.3 is 0 Å². The minimum Gasteiger partial charge on any atom is -0.212 e. The molecule has 90 valence electrons. The summed E-state index contributed by atoms with van der Waals surface area (Å²) in [6, 6.07) is 9.25. The predicted octanol–water partition coefficient (Wildman–Crippen LogP) is 2.23. The molecule has 0 bridgehead atoms. The molecular formula is C11H16BrNO2S. The van der Waals surface area contributed by atoms with Crippen molar-refractivity contribution in [1.82, 2.24) is 4.31 Å². The van der Waals surface area contributed by atoms with Gasteiger partial charge in [0.25, 0.3) is 0 Å². The van der Waals surface area contributed by atoms with Gasteiger partial charge in [-0.25, -0.2) is 12.7 Å². The van der Waals surface area contributed by atoms with E-state index in [0.717, 1.165) is 5.56 Å². The smallest absolute Gasteiger partial charge is 0.212 e. The van der Waals surface area contributed by atoms with E-state index in [1.165, 1.54) is 4.31 Å². The zero-order valence-corrected chi connectivity index (χ0v) is 11.7. The molecule has 0 aromatic heterocycles. The summed E-state index contributed by atoms with van der Waals surface area (Å²) in [6.45, 7) is 2.89. The number of benzene rings is 1. The zero-order chi connectivity index (χ0) is 12.0. The van der Waals surface area contributed by atoms with Gasteiger partial charge in [-0.1, -0.05) is 53.2 Å². The molecule has 0 fully saturated rings. The molecule has 0 radical (unpaired) electrons. The van der Waals surface area contributed by atoms with Crippen molar-refractivity contribution in [1.29, 1.82) is 0 Å². The maximum atomic E-state index is 12.0. The van der Waals surface area contributed by atoms with Crippen molar-refractivity contribution in [3.05, 3.63) is 35.9 Å². The van der Waals surface area contributed by atoms with Crippen LogP contribution < -0.4 is 0 Å². The fraction of sp³-hybridized carbons (Fsp3) is 0.455. The average molecular weight is 306 g/mol. The third-order valence-electron chi connectivity index (χ3n) is 2.27. The molecule has 0 aliphatic heterocycles. The molecular weight excluding hydrogens is 290 g/mol. The molecule has 0 heterocycles. The largest absolute Gasteiger partial charge is 0.218 e. The Balaban J connectivity index is 2.78. The number of hydrogen-bond donors (Lipinski definition) is 0. The third-order valence-corrected chi connectivity index (χ3v) is 4.55. The summed E-state index contributed by atoms with van der Waals surface area (Å²) in [7, 11) is -3.18. The van der Waals surface area contributed by atoms with Crippen LogP contribution in [-0.4, -0.2) is 31.1 Å². The highest BCUT2D eigenvalue weighted by Crippen LogP contribution is 2.10. The summed E-state index contributed by atoms with van der Waals surface area (Å²) in [4.78, 5) is 0. The molecule has 16 heavy (non-hydrogen) atoms. The highest BCUT2D eigenvalue weighted by molar-refractivity contribution is 9.09. The summed E-state index contributed by atoms with van der Waals surface area (Å²) in [5.41, 5.74) is 0.829. The molecule has 5 heteroatoms. The number of rotatable bonds is 6. The molecule has 0 atom stereocenters. The lowest BCUT2D eigenvalue weighted by Crippen LogP contribution is -2.33. The fourth-order valence-electron chi connectivity index (χ4n) is 1.46. The number of alkyl halides is 1. The van der Waals surface area contributed by atoms with Crippen molar-refractivity contribution in [3.63, 3.8) is 0 Å². The molecule has 1 aromatic carbocycles. The van der Waals surface area contributed by atoms with Crippen LogP contribution >= 0.6 is 15.9 Å². The third kappa shape index (κ3) is 3.88. The Hall–Kier alpha value is -0.390. The van der Waals surface area contributed by atoms with Gasteiger partial charge in [-0.3, -0.25) is 0 Å². The van der Waals surface area contributed by atoms with Crippen molar-refractivity contribution in [2.45, 2.75) is 12.7 Å². The predicted molar refractivity (Wildman–Crippen MR) is 70.1 cm³/mol. The van der Waals surface area contributed by atoms with E-state index >= 15 is 0 Å². The maximum Gasteiger partial charge on any atom is 0.218 e. The van der Waals surface area contributed by atoms with E-state index in [1.807, 2.05) is 37.3 Å². The summed E-state index contributed by atoms with van der Waals surface area (Å²) in [5, 5.41) is 0.662. The standard InChI is InChI=1S/C11H16BrNO2S/c1-2-13(9-8-12)16(14,15)10-11-6-4-3-5-7-11/h3-7H,2,8-10H2,1H3. The summed E-state index contributed by atoms with van der Waals surface area (Å²) >= 11 is 3.26. The summed E-state index contributed by atoms with van der Waals surface area (Å²) in [6.07, 6.45) is 0. The minimum atomic E-state index is -3.18. The first-order chi connectivity index (χ1) is 7.60. The molecule has 0 spiro atoms. The van der Waals surface area contributed by atoms with Crippen LogP contribution in [0.15, 0.2) is 30.3 Å². The van der Waals surface area contributed by atoms with Crippen LogP contribution in [0.3, 0.4) is 0 Å². The van der Waals surface area contributed by atoms with Crippen molar-refractivity contribution in [3.8, 4) is 0 Å². The van der Waals surface area contributed by atoms with Crippen molar-refractivity contribution in [2.75, 3.05) is 18.4 Å². The van der Waals surface area contributed by atoms with Gasteiger partial charge in [-0.05, 0) is 5.56 Å². The van der Waals surface area contributed by atoms with Crippen LogP contribution in [0.4, 0.5) is 0 Å². The van der Waals surface area contributed by atoms with Gasteiger partial charge in [0.05, 0.1) is 5.75 Å². The minimum absolute atomic E-state index is 0.0781.